The first kappa shape index (κ1) is 12.4. The maximum absolute atomic E-state index is 8.77. The van der Waals surface area contributed by atoms with Crippen molar-refractivity contribution in [3.63, 3.8) is 0 Å². The Hall–Kier alpha value is -1.69. The van der Waals surface area contributed by atoms with Gasteiger partial charge in [-0.05, 0) is 31.0 Å². The highest BCUT2D eigenvalue weighted by molar-refractivity contribution is 5.69. The van der Waals surface area contributed by atoms with Gasteiger partial charge in [0.1, 0.15) is 0 Å². The highest BCUT2D eigenvalue weighted by atomic mass is 15.1. The third-order valence-electron chi connectivity index (χ3n) is 2.46. The molecule has 1 aromatic rings. The predicted octanol–water partition coefficient (Wildman–Crippen LogP) is 2.62. The summed E-state index contributed by atoms with van der Waals surface area (Å²) in [6.07, 6.45) is 0. The van der Waals surface area contributed by atoms with E-state index in [2.05, 4.69) is 31.7 Å². The van der Waals surface area contributed by atoms with Crippen molar-refractivity contribution in [1.29, 1.82) is 5.26 Å². The molecule has 0 aliphatic carbocycles. The summed E-state index contributed by atoms with van der Waals surface area (Å²) >= 11 is 0. The van der Waals surface area contributed by atoms with Gasteiger partial charge in [-0.3, -0.25) is 0 Å². The van der Waals surface area contributed by atoms with Crippen LogP contribution in [0.5, 0.6) is 0 Å². The molecule has 0 bridgehead atoms. The van der Waals surface area contributed by atoms with Crippen molar-refractivity contribution >= 4 is 11.4 Å². The Morgan fingerprint density at radius 2 is 2.12 bits per heavy atom. The van der Waals surface area contributed by atoms with Crippen LogP contribution in [0, 0.1) is 17.2 Å². The fourth-order valence-corrected chi connectivity index (χ4v) is 1.75. The monoisotopic (exact) mass is 217 g/mol. The van der Waals surface area contributed by atoms with E-state index in [1.165, 1.54) is 0 Å². The zero-order valence-corrected chi connectivity index (χ0v) is 10.2. The normalized spacial score (nSPS) is 10.2. The molecular formula is C13H19N3. The molecule has 0 unspecified atom stereocenters. The average Bonchev–Trinajstić information content (AvgIpc) is 2.25. The Morgan fingerprint density at radius 3 is 2.56 bits per heavy atom. The lowest BCUT2D eigenvalue weighted by Crippen LogP contribution is -2.27. The van der Waals surface area contributed by atoms with Gasteiger partial charge in [0, 0.05) is 13.1 Å². The number of nitrogens with two attached hydrogens (primary N) is 1. The Labute approximate surface area is 97.5 Å². The third-order valence-corrected chi connectivity index (χ3v) is 2.46. The number of nitriles is 1. The van der Waals surface area contributed by atoms with Crippen LogP contribution in [0.4, 0.5) is 11.4 Å². The van der Waals surface area contributed by atoms with Crippen LogP contribution < -0.4 is 10.6 Å². The summed E-state index contributed by atoms with van der Waals surface area (Å²) in [5.41, 5.74) is 8.27. The maximum Gasteiger partial charge on any atom is 0.0992 e. The van der Waals surface area contributed by atoms with Gasteiger partial charge in [-0.2, -0.15) is 5.26 Å². The van der Waals surface area contributed by atoms with Gasteiger partial charge in [0.25, 0.3) is 0 Å². The molecule has 3 heteroatoms. The zero-order valence-electron chi connectivity index (χ0n) is 10.2. The molecule has 0 radical (unpaired) electrons. The Bertz CT molecular complexity index is 391. The standard InChI is InChI=1S/C13H19N3/c1-4-16(9-10(2)3)13-6-5-11(8-14)7-12(13)15/h5-7,10H,4,9,15H2,1-3H3. The van der Waals surface area contributed by atoms with Gasteiger partial charge < -0.3 is 10.6 Å². The van der Waals surface area contributed by atoms with E-state index in [-0.39, 0.29) is 0 Å². The Kier molecular flexibility index (Phi) is 4.19. The lowest BCUT2D eigenvalue weighted by atomic mass is 10.1. The number of nitrogen functional groups attached to an aromatic ring is 1. The highest BCUT2D eigenvalue weighted by Crippen LogP contribution is 2.24. The summed E-state index contributed by atoms with van der Waals surface area (Å²) in [7, 11) is 0. The van der Waals surface area contributed by atoms with E-state index in [1.807, 2.05) is 12.1 Å². The molecule has 2 N–H and O–H groups in total. The summed E-state index contributed by atoms with van der Waals surface area (Å²) in [6, 6.07) is 7.57. The minimum absolute atomic E-state index is 0.593. The van der Waals surface area contributed by atoms with E-state index >= 15 is 0 Å². The topological polar surface area (TPSA) is 53.0 Å². The van der Waals surface area contributed by atoms with E-state index in [1.54, 1.807) is 6.07 Å². The van der Waals surface area contributed by atoms with Crippen LogP contribution in [0.2, 0.25) is 0 Å². The van der Waals surface area contributed by atoms with Crippen LogP contribution >= 0.6 is 0 Å². The van der Waals surface area contributed by atoms with Crippen molar-refractivity contribution in [2.45, 2.75) is 20.8 Å². The number of hydrogen-bond acceptors (Lipinski definition) is 3. The molecule has 0 aromatic heterocycles. The maximum atomic E-state index is 8.77. The first-order chi connectivity index (χ1) is 7.58. The summed E-state index contributed by atoms with van der Waals surface area (Å²) < 4.78 is 0. The van der Waals surface area contributed by atoms with Crippen LogP contribution in [0.15, 0.2) is 18.2 Å². The molecular weight excluding hydrogens is 198 g/mol. The van der Waals surface area contributed by atoms with E-state index < -0.39 is 0 Å². The van der Waals surface area contributed by atoms with Gasteiger partial charge in [-0.1, -0.05) is 13.8 Å². The summed E-state index contributed by atoms with van der Waals surface area (Å²) in [5.74, 6) is 0.593. The highest BCUT2D eigenvalue weighted by Gasteiger charge is 2.09. The molecule has 0 saturated heterocycles. The molecule has 0 heterocycles. The van der Waals surface area contributed by atoms with Crippen LogP contribution in [-0.4, -0.2) is 13.1 Å². The molecule has 0 atom stereocenters. The minimum atomic E-state index is 0.593. The minimum Gasteiger partial charge on any atom is -0.397 e. The first-order valence-electron chi connectivity index (χ1n) is 5.63. The lowest BCUT2D eigenvalue weighted by molar-refractivity contribution is 0.619. The summed E-state index contributed by atoms with van der Waals surface area (Å²) in [5, 5.41) is 8.77. The fourth-order valence-electron chi connectivity index (χ4n) is 1.75. The second-order valence-electron chi connectivity index (χ2n) is 4.32. The van der Waals surface area contributed by atoms with Crippen molar-refractivity contribution in [3.8, 4) is 6.07 Å². The molecule has 0 spiro atoms. The van der Waals surface area contributed by atoms with Gasteiger partial charge in [-0.15, -0.1) is 0 Å². The molecule has 1 rings (SSSR count). The quantitative estimate of drug-likeness (QED) is 0.789. The number of benzene rings is 1. The first-order valence-corrected chi connectivity index (χ1v) is 5.63. The van der Waals surface area contributed by atoms with Crippen molar-refractivity contribution < 1.29 is 0 Å². The molecule has 0 saturated carbocycles. The van der Waals surface area contributed by atoms with Gasteiger partial charge in [0.15, 0.2) is 0 Å². The van der Waals surface area contributed by atoms with Crippen LogP contribution in [0.25, 0.3) is 0 Å². The molecule has 1 aromatic carbocycles. The molecule has 3 nitrogen and oxygen atoms in total. The number of rotatable bonds is 4. The van der Waals surface area contributed by atoms with Gasteiger partial charge in [-0.25, -0.2) is 0 Å². The van der Waals surface area contributed by atoms with E-state index in [4.69, 9.17) is 11.0 Å². The SMILES string of the molecule is CCN(CC(C)C)c1ccc(C#N)cc1N. The smallest absolute Gasteiger partial charge is 0.0992 e. The van der Waals surface area contributed by atoms with Crippen molar-refractivity contribution in [2.75, 3.05) is 23.7 Å². The molecule has 86 valence electrons. The van der Waals surface area contributed by atoms with E-state index in [9.17, 15) is 0 Å². The predicted molar refractivity (Wildman–Crippen MR) is 68.3 cm³/mol. The number of hydrogen-bond donors (Lipinski definition) is 1. The fraction of sp³-hybridized carbons (Fsp3) is 0.462. The third kappa shape index (κ3) is 2.90. The van der Waals surface area contributed by atoms with Crippen molar-refractivity contribution in [3.05, 3.63) is 23.8 Å². The number of anilines is 2. The van der Waals surface area contributed by atoms with Crippen LogP contribution in [0.1, 0.15) is 26.3 Å². The summed E-state index contributed by atoms with van der Waals surface area (Å²) in [6.45, 7) is 8.38. The second-order valence-corrected chi connectivity index (χ2v) is 4.32. The Morgan fingerprint density at radius 1 is 1.44 bits per heavy atom. The zero-order chi connectivity index (χ0) is 12.1. The Balaban J connectivity index is 2.98. The molecule has 0 fully saturated rings. The van der Waals surface area contributed by atoms with E-state index in [0.717, 1.165) is 18.8 Å². The van der Waals surface area contributed by atoms with Crippen molar-refractivity contribution in [1.82, 2.24) is 0 Å². The molecule has 0 aliphatic rings. The van der Waals surface area contributed by atoms with E-state index in [0.29, 0.717) is 17.2 Å². The second kappa shape index (κ2) is 5.41. The summed E-state index contributed by atoms with van der Waals surface area (Å²) in [4.78, 5) is 2.24. The van der Waals surface area contributed by atoms with Gasteiger partial charge in [0.05, 0.1) is 23.0 Å². The van der Waals surface area contributed by atoms with Crippen LogP contribution in [0.3, 0.4) is 0 Å². The van der Waals surface area contributed by atoms with Crippen LogP contribution in [-0.2, 0) is 0 Å². The average molecular weight is 217 g/mol. The van der Waals surface area contributed by atoms with Crippen molar-refractivity contribution in [2.24, 2.45) is 5.92 Å². The molecule has 0 amide bonds. The largest absolute Gasteiger partial charge is 0.397 e. The number of nitrogens with zero attached hydrogens (tertiary/aromatic N) is 2. The van der Waals surface area contributed by atoms with Gasteiger partial charge in [0.2, 0.25) is 0 Å². The lowest BCUT2D eigenvalue weighted by Gasteiger charge is -2.26. The molecule has 0 aliphatic heterocycles. The van der Waals surface area contributed by atoms with Gasteiger partial charge >= 0.3 is 0 Å². The molecule has 16 heavy (non-hydrogen) atoms.